The van der Waals surface area contributed by atoms with Gasteiger partial charge in [-0.25, -0.2) is 0 Å². The zero-order chi connectivity index (χ0) is 22.1. The summed E-state index contributed by atoms with van der Waals surface area (Å²) in [5, 5.41) is 2.36. The van der Waals surface area contributed by atoms with Crippen LogP contribution in [0.15, 0.2) is 42.5 Å². The SMILES string of the molecule is CN(C)C(=O)c1ccc2c(c1)N(CC(=O)Nc1cccc(C(F)(F)F)c1)C(=O)CO2. The number of nitrogens with zero attached hydrogens (tertiary/aromatic N) is 2. The Morgan fingerprint density at radius 2 is 1.90 bits per heavy atom. The summed E-state index contributed by atoms with van der Waals surface area (Å²) in [5.41, 5.74) is -0.425. The lowest BCUT2D eigenvalue weighted by Crippen LogP contribution is -2.43. The molecule has 3 amide bonds. The number of anilines is 2. The molecule has 1 heterocycles. The minimum atomic E-state index is -4.55. The van der Waals surface area contributed by atoms with Crippen LogP contribution in [0.3, 0.4) is 0 Å². The third-order valence-electron chi connectivity index (χ3n) is 4.33. The summed E-state index contributed by atoms with van der Waals surface area (Å²) in [6.45, 7) is -0.754. The summed E-state index contributed by atoms with van der Waals surface area (Å²) < 4.78 is 43.9. The van der Waals surface area contributed by atoms with E-state index in [2.05, 4.69) is 5.32 Å². The predicted octanol–water partition coefficient (Wildman–Crippen LogP) is 2.77. The van der Waals surface area contributed by atoms with E-state index >= 15 is 0 Å². The molecular formula is C20H18F3N3O4. The van der Waals surface area contributed by atoms with Gasteiger partial charge in [0.25, 0.3) is 11.8 Å². The van der Waals surface area contributed by atoms with Gasteiger partial charge in [0.1, 0.15) is 12.3 Å². The van der Waals surface area contributed by atoms with Crippen molar-refractivity contribution in [3.8, 4) is 5.75 Å². The Kier molecular flexibility index (Phi) is 5.68. The number of hydrogen-bond acceptors (Lipinski definition) is 4. The van der Waals surface area contributed by atoms with Crippen LogP contribution < -0.4 is 15.0 Å². The Balaban J connectivity index is 1.81. The van der Waals surface area contributed by atoms with Gasteiger partial charge in [0.05, 0.1) is 11.3 Å². The molecule has 1 aliphatic heterocycles. The molecule has 7 nitrogen and oxygen atoms in total. The molecular weight excluding hydrogens is 403 g/mol. The molecule has 0 fully saturated rings. The minimum absolute atomic E-state index is 0.0488. The quantitative estimate of drug-likeness (QED) is 0.824. The molecule has 1 N–H and O–H groups in total. The summed E-state index contributed by atoms with van der Waals surface area (Å²) in [5.74, 6) is -1.20. The molecule has 2 aromatic rings. The van der Waals surface area contributed by atoms with Crippen molar-refractivity contribution >= 4 is 29.1 Å². The van der Waals surface area contributed by atoms with Gasteiger partial charge in [0.2, 0.25) is 5.91 Å². The van der Waals surface area contributed by atoms with Gasteiger partial charge in [-0.1, -0.05) is 6.07 Å². The second-order valence-electron chi connectivity index (χ2n) is 6.78. The largest absolute Gasteiger partial charge is 0.482 e. The molecule has 0 aromatic heterocycles. The number of ether oxygens (including phenoxy) is 1. The van der Waals surface area contributed by atoms with E-state index in [9.17, 15) is 27.6 Å². The summed E-state index contributed by atoms with van der Waals surface area (Å²) in [6, 6.07) is 8.69. The number of amides is 3. The van der Waals surface area contributed by atoms with Crippen LogP contribution in [0.25, 0.3) is 0 Å². The number of carbonyl (C=O) groups excluding carboxylic acids is 3. The number of fused-ring (bicyclic) bond motifs is 1. The lowest BCUT2D eigenvalue weighted by Gasteiger charge is -2.29. The molecule has 1 aliphatic rings. The molecule has 0 saturated heterocycles. The number of rotatable bonds is 4. The zero-order valence-electron chi connectivity index (χ0n) is 16.1. The number of alkyl halides is 3. The third-order valence-corrected chi connectivity index (χ3v) is 4.33. The number of carbonyl (C=O) groups is 3. The molecule has 0 spiro atoms. The summed E-state index contributed by atoms with van der Waals surface area (Å²) in [6.07, 6.45) is -4.55. The summed E-state index contributed by atoms with van der Waals surface area (Å²) in [7, 11) is 3.15. The highest BCUT2D eigenvalue weighted by Gasteiger charge is 2.31. The van der Waals surface area contributed by atoms with E-state index in [0.29, 0.717) is 11.3 Å². The maximum absolute atomic E-state index is 12.8. The van der Waals surface area contributed by atoms with Gasteiger partial charge in [0, 0.05) is 25.3 Å². The fraction of sp³-hybridized carbons (Fsp3) is 0.250. The average molecular weight is 421 g/mol. The van der Waals surface area contributed by atoms with Crippen LogP contribution in [0, 0.1) is 0 Å². The highest BCUT2D eigenvalue weighted by atomic mass is 19.4. The first-order chi connectivity index (χ1) is 14.1. The van der Waals surface area contributed by atoms with Crippen LogP contribution in [0.4, 0.5) is 24.5 Å². The Morgan fingerprint density at radius 3 is 2.57 bits per heavy atom. The number of halogens is 3. The van der Waals surface area contributed by atoms with Crippen molar-refractivity contribution in [2.24, 2.45) is 0 Å². The van der Waals surface area contributed by atoms with E-state index in [-0.39, 0.29) is 23.9 Å². The van der Waals surface area contributed by atoms with Crippen LogP contribution >= 0.6 is 0 Å². The summed E-state index contributed by atoms with van der Waals surface area (Å²) in [4.78, 5) is 39.4. The van der Waals surface area contributed by atoms with Crippen molar-refractivity contribution in [2.75, 3.05) is 37.5 Å². The second kappa shape index (κ2) is 8.05. The minimum Gasteiger partial charge on any atom is -0.482 e. The van der Waals surface area contributed by atoms with E-state index in [1.807, 2.05) is 0 Å². The van der Waals surface area contributed by atoms with E-state index in [4.69, 9.17) is 4.74 Å². The monoisotopic (exact) mass is 421 g/mol. The lowest BCUT2D eigenvalue weighted by molar-refractivity contribution is -0.137. The smallest absolute Gasteiger partial charge is 0.416 e. The van der Waals surface area contributed by atoms with Crippen LogP contribution in [0.2, 0.25) is 0 Å². The molecule has 0 aliphatic carbocycles. The van der Waals surface area contributed by atoms with E-state index < -0.39 is 30.1 Å². The fourth-order valence-electron chi connectivity index (χ4n) is 2.88. The average Bonchev–Trinajstić information content (AvgIpc) is 2.68. The molecule has 2 aromatic carbocycles. The van der Waals surface area contributed by atoms with Gasteiger partial charge in [-0.05, 0) is 36.4 Å². The number of hydrogen-bond donors (Lipinski definition) is 1. The van der Waals surface area contributed by atoms with Crippen molar-refractivity contribution in [3.63, 3.8) is 0 Å². The standard InChI is InChI=1S/C20H18F3N3O4/c1-25(2)19(29)12-6-7-16-15(8-12)26(18(28)11-30-16)10-17(27)24-14-5-3-4-13(9-14)20(21,22)23/h3-9H,10-11H2,1-2H3,(H,24,27). The molecule has 30 heavy (non-hydrogen) atoms. The maximum atomic E-state index is 12.8. The third kappa shape index (κ3) is 4.53. The topological polar surface area (TPSA) is 79.0 Å². The van der Waals surface area contributed by atoms with E-state index in [0.717, 1.165) is 17.0 Å². The second-order valence-corrected chi connectivity index (χ2v) is 6.78. The molecule has 0 unspecified atom stereocenters. The fourth-order valence-corrected chi connectivity index (χ4v) is 2.88. The van der Waals surface area contributed by atoms with Gasteiger partial charge >= 0.3 is 6.18 Å². The predicted molar refractivity (Wildman–Crippen MR) is 102 cm³/mol. The van der Waals surface area contributed by atoms with Gasteiger partial charge < -0.3 is 15.0 Å². The Hall–Kier alpha value is -3.56. The van der Waals surface area contributed by atoms with Gasteiger partial charge in [-0.15, -0.1) is 0 Å². The molecule has 3 rings (SSSR count). The van der Waals surface area contributed by atoms with Gasteiger partial charge in [-0.3, -0.25) is 19.3 Å². The Morgan fingerprint density at radius 1 is 1.17 bits per heavy atom. The first-order valence-corrected chi connectivity index (χ1v) is 8.82. The first-order valence-electron chi connectivity index (χ1n) is 8.82. The van der Waals surface area contributed by atoms with Crippen LogP contribution in [-0.4, -0.2) is 49.9 Å². The van der Waals surface area contributed by atoms with Crippen molar-refractivity contribution in [2.45, 2.75) is 6.18 Å². The van der Waals surface area contributed by atoms with Crippen molar-refractivity contribution in [3.05, 3.63) is 53.6 Å². The maximum Gasteiger partial charge on any atom is 0.416 e. The van der Waals surface area contributed by atoms with Crippen molar-refractivity contribution in [1.82, 2.24) is 4.90 Å². The van der Waals surface area contributed by atoms with Crippen molar-refractivity contribution in [1.29, 1.82) is 0 Å². The van der Waals surface area contributed by atoms with Crippen molar-refractivity contribution < 1.29 is 32.3 Å². The molecule has 0 radical (unpaired) electrons. The summed E-state index contributed by atoms with van der Waals surface area (Å²) >= 11 is 0. The highest BCUT2D eigenvalue weighted by Crippen LogP contribution is 2.33. The Bertz CT molecular complexity index is 1010. The molecule has 158 valence electrons. The zero-order valence-corrected chi connectivity index (χ0v) is 16.1. The number of nitrogens with one attached hydrogen (secondary N) is 1. The molecule has 0 atom stereocenters. The molecule has 0 bridgehead atoms. The normalized spacial score (nSPS) is 13.4. The van der Waals surface area contributed by atoms with E-state index in [1.54, 1.807) is 14.1 Å². The molecule has 10 heteroatoms. The van der Waals surface area contributed by atoms with E-state index in [1.165, 1.54) is 35.2 Å². The first kappa shape index (κ1) is 21.2. The van der Waals surface area contributed by atoms with Gasteiger partial charge in [-0.2, -0.15) is 13.2 Å². The lowest BCUT2D eigenvalue weighted by atomic mass is 10.1. The molecule has 0 saturated carbocycles. The van der Waals surface area contributed by atoms with Gasteiger partial charge in [0.15, 0.2) is 6.61 Å². The van der Waals surface area contributed by atoms with Crippen LogP contribution in [-0.2, 0) is 15.8 Å². The highest BCUT2D eigenvalue weighted by molar-refractivity contribution is 6.06. The Labute approximate surface area is 170 Å². The number of benzene rings is 2. The van der Waals surface area contributed by atoms with Crippen LogP contribution in [0.1, 0.15) is 15.9 Å². The van der Waals surface area contributed by atoms with Crippen LogP contribution in [0.5, 0.6) is 5.75 Å².